The van der Waals surface area contributed by atoms with Crippen LogP contribution in [0.2, 0.25) is 0 Å². The highest BCUT2D eigenvalue weighted by Gasteiger charge is 2.14. The number of methoxy groups -OCH3 is 2. The molecule has 4 rings (SSSR count). The Bertz CT molecular complexity index is 1240. The van der Waals surface area contributed by atoms with E-state index in [4.69, 9.17) is 18.9 Å². The number of hydrogen-bond donors (Lipinski definition) is 0. The van der Waals surface area contributed by atoms with Crippen molar-refractivity contribution >= 4 is 23.2 Å². The average Bonchev–Trinajstić information content (AvgIpc) is 3.38. The number of hydrogen-bond acceptors (Lipinski definition) is 7. The first kappa shape index (κ1) is 19.7. The first-order valence-electron chi connectivity index (χ1n) is 9.16. The first-order chi connectivity index (χ1) is 14.7. The number of benzene rings is 1. The molecule has 152 valence electrons. The summed E-state index contributed by atoms with van der Waals surface area (Å²) >= 11 is 1.47. The Kier molecular flexibility index (Phi) is 5.76. The van der Waals surface area contributed by atoms with Gasteiger partial charge in [0.15, 0.2) is 0 Å². The highest BCUT2D eigenvalue weighted by atomic mass is 32.1. The Labute approximate surface area is 177 Å². The lowest BCUT2D eigenvalue weighted by Crippen LogP contribution is -2.11. The highest BCUT2D eigenvalue weighted by molar-refractivity contribution is 7.07. The number of thiazole rings is 1. The van der Waals surface area contributed by atoms with Crippen molar-refractivity contribution in [1.29, 1.82) is 0 Å². The molecule has 0 radical (unpaired) electrons. The predicted molar refractivity (Wildman–Crippen MR) is 117 cm³/mol. The minimum atomic E-state index is 0.655. The van der Waals surface area contributed by atoms with Gasteiger partial charge in [-0.15, -0.1) is 11.3 Å². The molecule has 0 saturated heterocycles. The molecule has 0 spiro atoms. The van der Waals surface area contributed by atoms with Crippen LogP contribution in [0.4, 0.5) is 5.69 Å². The van der Waals surface area contributed by atoms with Crippen LogP contribution in [0, 0.1) is 6.92 Å². The lowest BCUT2D eigenvalue weighted by Gasteiger charge is -2.11. The van der Waals surface area contributed by atoms with Gasteiger partial charge < -0.3 is 13.9 Å². The van der Waals surface area contributed by atoms with Crippen molar-refractivity contribution in [2.45, 2.75) is 6.92 Å². The summed E-state index contributed by atoms with van der Waals surface area (Å²) in [5.41, 5.74) is 2.40. The molecule has 0 N–H and O–H groups in total. The Morgan fingerprint density at radius 2 is 2.03 bits per heavy atom. The largest absolute Gasteiger partial charge is 0.497 e. The molecule has 4 aromatic rings. The summed E-state index contributed by atoms with van der Waals surface area (Å²) in [4.78, 5) is 9.52. The van der Waals surface area contributed by atoms with E-state index in [1.54, 1.807) is 37.5 Å². The van der Waals surface area contributed by atoms with Crippen LogP contribution in [-0.4, -0.2) is 30.1 Å². The van der Waals surface area contributed by atoms with Crippen molar-refractivity contribution in [1.82, 2.24) is 9.66 Å². The SMILES string of the molecule is COc1ccc(OC)c(-c2csc(=Nc3cccnc3)n2N=Cc2ccc(C)o2)c1. The molecular formula is C22H20N4O3S. The van der Waals surface area contributed by atoms with Gasteiger partial charge in [0.1, 0.15) is 23.0 Å². The summed E-state index contributed by atoms with van der Waals surface area (Å²) in [6.45, 7) is 1.89. The van der Waals surface area contributed by atoms with Crippen molar-refractivity contribution in [3.05, 3.63) is 76.6 Å². The normalized spacial score (nSPS) is 11.9. The van der Waals surface area contributed by atoms with Gasteiger partial charge >= 0.3 is 0 Å². The second-order valence-corrected chi connectivity index (χ2v) is 7.13. The molecule has 0 aliphatic rings. The van der Waals surface area contributed by atoms with Crippen molar-refractivity contribution in [2.24, 2.45) is 10.1 Å². The van der Waals surface area contributed by atoms with Crippen LogP contribution in [0.1, 0.15) is 11.5 Å². The highest BCUT2D eigenvalue weighted by Crippen LogP contribution is 2.33. The molecule has 0 aliphatic carbocycles. The maximum atomic E-state index is 5.62. The smallest absolute Gasteiger partial charge is 0.211 e. The molecule has 0 fully saturated rings. The topological polar surface area (TPSA) is 74.1 Å². The maximum absolute atomic E-state index is 5.62. The zero-order chi connectivity index (χ0) is 20.9. The molecule has 0 bridgehead atoms. The van der Waals surface area contributed by atoms with E-state index in [0.717, 1.165) is 28.5 Å². The van der Waals surface area contributed by atoms with Gasteiger partial charge in [-0.05, 0) is 49.4 Å². The average molecular weight is 420 g/mol. The maximum Gasteiger partial charge on any atom is 0.211 e. The zero-order valence-electron chi connectivity index (χ0n) is 16.8. The number of pyridine rings is 1. The lowest BCUT2D eigenvalue weighted by molar-refractivity contribution is 0.404. The molecule has 3 aromatic heterocycles. The van der Waals surface area contributed by atoms with Gasteiger partial charge in [-0.25, -0.2) is 9.67 Å². The van der Waals surface area contributed by atoms with E-state index >= 15 is 0 Å². The van der Waals surface area contributed by atoms with Crippen LogP contribution >= 0.6 is 11.3 Å². The molecule has 0 unspecified atom stereocenters. The Morgan fingerprint density at radius 3 is 2.73 bits per heavy atom. The summed E-state index contributed by atoms with van der Waals surface area (Å²) in [6, 6.07) is 13.1. The van der Waals surface area contributed by atoms with E-state index in [2.05, 4.69) is 10.1 Å². The number of ether oxygens (including phenoxy) is 2. The third-order valence-corrected chi connectivity index (χ3v) is 5.12. The van der Waals surface area contributed by atoms with E-state index in [9.17, 15) is 0 Å². The second kappa shape index (κ2) is 8.79. The number of aromatic nitrogens is 2. The second-order valence-electron chi connectivity index (χ2n) is 6.30. The number of nitrogens with zero attached hydrogens (tertiary/aromatic N) is 4. The van der Waals surface area contributed by atoms with Crippen molar-refractivity contribution in [2.75, 3.05) is 14.2 Å². The van der Waals surface area contributed by atoms with Crippen LogP contribution < -0.4 is 14.3 Å². The molecule has 0 aliphatic heterocycles. The molecule has 0 amide bonds. The fraction of sp³-hybridized carbons (Fsp3) is 0.136. The van der Waals surface area contributed by atoms with E-state index < -0.39 is 0 Å². The van der Waals surface area contributed by atoms with Gasteiger partial charge in [-0.2, -0.15) is 5.10 Å². The van der Waals surface area contributed by atoms with Crippen molar-refractivity contribution < 1.29 is 13.9 Å². The van der Waals surface area contributed by atoms with Gasteiger partial charge in [-0.1, -0.05) is 0 Å². The number of rotatable bonds is 6. The fourth-order valence-corrected chi connectivity index (χ4v) is 3.70. The summed E-state index contributed by atoms with van der Waals surface area (Å²) < 4.78 is 18.4. The third-order valence-electron chi connectivity index (χ3n) is 4.30. The Morgan fingerprint density at radius 1 is 1.13 bits per heavy atom. The minimum Gasteiger partial charge on any atom is -0.497 e. The van der Waals surface area contributed by atoms with Gasteiger partial charge in [-0.3, -0.25) is 4.98 Å². The molecule has 7 nitrogen and oxygen atoms in total. The molecule has 8 heteroatoms. The van der Waals surface area contributed by atoms with Gasteiger partial charge in [0.05, 0.1) is 38.0 Å². The predicted octanol–water partition coefficient (Wildman–Crippen LogP) is 4.64. The Hall–Kier alpha value is -3.65. The van der Waals surface area contributed by atoms with E-state index in [1.165, 1.54) is 11.3 Å². The zero-order valence-corrected chi connectivity index (χ0v) is 17.6. The first-order valence-corrected chi connectivity index (χ1v) is 10.0. The van der Waals surface area contributed by atoms with Gasteiger partial charge in [0.25, 0.3) is 0 Å². The fourth-order valence-electron chi connectivity index (χ4n) is 2.86. The standard InChI is InChI=1S/C22H20N4O3S/c1-15-6-7-18(29-15)13-24-26-20(19-11-17(27-2)8-9-21(19)28-3)14-30-22(26)25-16-5-4-10-23-12-16/h4-14H,1-3H3. The van der Waals surface area contributed by atoms with E-state index in [0.29, 0.717) is 16.3 Å². The van der Waals surface area contributed by atoms with Gasteiger partial charge in [0, 0.05) is 17.1 Å². The van der Waals surface area contributed by atoms with E-state index in [1.807, 2.05) is 54.8 Å². The van der Waals surface area contributed by atoms with Crippen molar-refractivity contribution in [3.63, 3.8) is 0 Å². The molecule has 0 saturated carbocycles. The van der Waals surface area contributed by atoms with Gasteiger partial charge in [0.2, 0.25) is 4.80 Å². The van der Waals surface area contributed by atoms with Crippen LogP contribution in [0.5, 0.6) is 11.5 Å². The molecule has 0 atom stereocenters. The molecule has 3 heterocycles. The number of furan rings is 1. The molecule has 30 heavy (non-hydrogen) atoms. The molecule has 1 aromatic carbocycles. The van der Waals surface area contributed by atoms with Crippen LogP contribution in [0.3, 0.4) is 0 Å². The summed E-state index contributed by atoms with van der Waals surface area (Å²) in [5.74, 6) is 2.91. The van der Waals surface area contributed by atoms with Crippen molar-refractivity contribution in [3.8, 4) is 22.8 Å². The summed E-state index contributed by atoms with van der Waals surface area (Å²) in [7, 11) is 3.27. The third kappa shape index (κ3) is 4.18. The Balaban J connectivity index is 1.89. The number of aryl methyl sites for hydroxylation is 1. The van der Waals surface area contributed by atoms with Crippen LogP contribution in [0.25, 0.3) is 11.3 Å². The minimum absolute atomic E-state index is 0.655. The summed E-state index contributed by atoms with van der Waals surface area (Å²) in [6.07, 6.45) is 5.08. The van der Waals surface area contributed by atoms with E-state index in [-0.39, 0.29) is 0 Å². The van der Waals surface area contributed by atoms with Crippen LogP contribution in [-0.2, 0) is 0 Å². The quantitative estimate of drug-likeness (QED) is 0.426. The lowest BCUT2D eigenvalue weighted by atomic mass is 10.1. The monoisotopic (exact) mass is 420 g/mol. The summed E-state index contributed by atoms with van der Waals surface area (Å²) in [5, 5.41) is 6.63. The molecular weight excluding hydrogens is 400 g/mol. The van der Waals surface area contributed by atoms with Crippen LogP contribution in [0.15, 0.2) is 74.7 Å².